The van der Waals surface area contributed by atoms with E-state index in [9.17, 15) is 14.0 Å². The highest BCUT2D eigenvalue weighted by atomic mass is 19.1. The van der Waals surface area contributed by atoms with Crippen molar-refractivity contribution in [1.29, 1.82) is 0 Å². The van der Waals surface area contributed by atoms with Crippen LogP contribution in [-0.2, 0) is 6.42 Å². The first kappa shape index (κ1) is 18.9. The third-order valence-electron chi connectivity index (χ3n) is 4.72. The summed E-state index contributed by atoms with van der Waals surface area (Å²) >= 11 is 0. The molecule has 0 N–H and O–H groups in total. The van der Waals surface area contributed by atoms with Gasteiger partial charge in [0.15, 0.2) is 0 Å². The van der Waals surface area contributed by atoms with Crippen molar-refractivity contribution in [2.75, 3.05) is 27.2 Å². The zero-order chi connectivity index (χ0) is 19.4. The van der Waals surface area contributed by atoms with Gasteiger partial charge in [-0.3, -0.25) is 9.59 Å². The molecule has 0 spiro atoms. The number of aromatic nitrogens is 2. The molecule has 2 heterocycles. The molecule has 6 nitrogen and oxygen atoms in total. The van der Waals surface area contributed by atoms with E-state index in [0.717, 1.165) is 18.5 Å². The molecule has 0 unspecified atom stereocenters. The van der Waals surface area contributed by atoms with Crippen molar-refractivity contribution in [1.82, 2.24) is 19.8 Å². The van der Waals surface area contributed by atoms with Crippen LogP contribution in [-0.4, -0.2) is 58.8 Å². The highest BCUT2D eigenvalue weighted by molar-refractivity contribution is 5.94. The molecule has 0 radical (unpaired) electrons. The summed E-state index contributed by atoms with van der Waals surface area (Å²) in [7, 11) is 3.36. The first-order valence-electron chi connectivity index (χ1n) is 9.01. The first-order valence-corrected chi connectivity index (χ1v) is 9.01. The Kier molecular flexibility index (Phi) is 5.78. The molecule has 2 amide bonds. The maximum absolute atomic E-state index is 13.4. The molecule has 1 atom stereocenters. The Bertz CT molecular complexity index is 840. The molecule has 1 saturated heterocycles. The lowest BCUT2D eigenvalue weighted by Crippen LogP contribution is -2.40. The number of rotatable bonds is 4. The summed E-state index contributed by atoms with van der Waals surface area (Å²) in [5.74, 6) is -0.475. The fourth-order valence-electron chi connectivity index (χ4n) is 3.37. The normalized spacial score (nSPS) is 16.9. The third-order valence-corrected chi connectivity index (χ3v) is 4.72. The van der Waals surface area contributed by atoms with Crippen molar-refractivity contribution in [2.24, 2.45) is 5.92 Å². The fourth-order valence-corrected chi connectivity index (χ4v) is 3.37. The van der Waals surface area contributed by atoms with Crippen LogP contribution in [0.5, 0.6) is 0 Å². The van der Waals surface area contributed by atoms with Gasteiger partial charge in [-0.2, -0.15) is 0 Å². The maximum atomic E-state index is 13.4. The van der Waals surface area contributed by atoms with Gasteiger partial charge >= 0.3 is 0 Å². The highest BCUT2D eigenvalue weighted by Crippen LogP contribution is 2.22. The van der Waals surface area contributed by atoms with E-state index in [1.54, 1.807) is 37.2 Å². The SMILES string of the molecule is CN(C)C(=O)c1cc(C[C@@H]2CCCN(C(=O)c3cccc(F)c3)C2)ncn1. The second-order valence-corrected chi connectivity index (χ2v) is 7.07. The lowest BCUT2D eigenvalue weighted by molar-refractivity contribution is 0.0672. The standard InChI is InChI=1S/C20H23FN4O2/c1-24(2)20(27)18-11-17(22-13-23-18)9-14-5-4-8-25(12-14)19(26)15-6-3-7-16(21)10-15/h3,6-7,10-11,13-14H,4-5,8-9,12H2,1-2H3/t14-/m0/s1. The van der Waals surface area contributed by atoms with Crippen LogP contribution in [0.2, 0.25) is 0 Å². The number of hydrogen-bond donors (Lipinski definition) is 0. The Balaban J connectivity index is 1.67. The molecule has 7 heteroatoms. The van der Waals surface area contributed by atoms with Crippen molar-refractivity contribution in [2.45, 2.75) is 19.3 Å². The number of hydrogen-bond acceptors (Lipinski definition) is 4. The van der Waals surface area contributed by atoms with Crippen molar-refractivity contribution in [3.05, 3.63) is 59.4 Å². The number of likely N-dealkylation sites (tertiary alicyclic amines) is 1. The van der Waals surface area contributed by atoms with Gasteiger partial charge in [0.1, 0.15) is 17.8 Å². The minimum atomic E-state index is -0.409. The molecule has 1 aliphatic heterocycles. The van der Waals surface area contributed by atoms with Gasteiger partial charge in [0.05, 0.1) is 0 Å². The average molecular weight is 370 g/mol. The Labute approximate surface area is 158 Å². The lowest BCUT2D eigenvalue weighted by atomic mass is 9.92. The Morgan fingerprint density at radius 3 is 2.81 bits per heavy atom. The van der Waals surface area contributed by atoms with Crippen LogP contribution in [0.4, 0.5) is 4.39 Å². The largest absolute Gasteiger partial charge is 0.343 e. The van der Waals surface area contributed by atoms with Crippen LogP contribution in [0.3, 0.4) is 0 Å². The average Bonchev–Trinajstić information content (AvgIpc) is 2.67. The van der Waals surface area contributed by atoms with Crippen LogP contribution in [0.1, 0.15) is 39.4 Å². The van der Waals surface area contributed by atoms with Crippen molar-refractivity contribution in [3.8, 4) is 0 Å². The van der Waals surface area contributed by atoms with Crippen molar-refractivity contribution in [3.63, 3.8) is 0 Å². The van der Waals surface area contributed by atoms with Crippen molar-refractivity contribution >= 4 is 11.8 Å². The molecular formula is C20H23FN4O2. The number of nitrogens with zero attached hydrogens (tertiary/aromatic N) is 4. The quantitative estimate of drug-likeness (QED) is 0.829. The molecule has 27 heavy (non-hydrogen) atoms. The zero-order valence-electron chi connectivity index (χ0n) is 15.6. The number of benzene rings is 1. The number of amides is 2. The number of carbonyl (C=O) groups excluding carboxylic acids is 2. The minimum Gasteiger partial charge on any atom is -0.343 e. The summed E-state index contributed by atoms with van der Waals surface area (Å²) in [5, 5.41) is 0. The Morgan fingerprint density at radius 2 is 2.07 bits per heavy atom. The second-order valence-electron chi connectivity index (χ2n) is 7.07. The van der Waals surface area contributed by atoms with Crippen LogP contribution in [0.15, 0.2) is 36.7 Å². The van der Waals surface area contributed by atoms with Crippen LogP contribution >= 0.6 is 0 Å². The summed E-state index contributed by atoms with van der Waals surface area (Å²) in [5.41, 5.74) is 1.53. The van der Waals surface area contributed by atoms with E-state index in [4.69, 9.17) is 0 Å². The molecule has 0 aliphatic carbocycles. The van der Waals surface area contributed by atoms with Gasteiger partial charge in [-0.25, -0.2) is 14.4 Å². The first-order chi connectivity index (χ1) is 12.9. The van der Waals surface area contributed by atoms with Crippen LogP contribution in [0, 0.1) is 11.7 Å². The highest BCUT2D eigenvalue weighted by Gasteiger charge is 2.25. The summed E-state index contributed by atoms with van der Waals surface area (Å²) < 4.78 is 13.4. The molecule has 2 aromatic rings. The topological polar surface area (TPSA) is 66.4 Å². The number of halogens is 1. The smallest absolute Gasteiger partial charge is 0.272 e. The van der Waals surface area contributed by atoms with E-state index >= 15 is 0 Å². The maximum Gasteiger partial charge on any atom is 0.272 e. The molecule has 1 aliphatic rings. The number of piperidine rings is 1. The number of carbonyl (C=O) groups is 2. The molecule has 0 bridgehead atoms. The third kappa shape index (κ3) is 4.67. The molecule has 142 valence electrons. The second kappa shape index (κ2) is 8.24. The fraction of sp³-hybridized carbons (Fsp3) is 0.400. The van der Waals surface area contributed by atoms with Gasteiger partial charge in [-0.05, 0) is 49.4 Å². The van der Waals surface area contributed by atoms with Crippen molar-refractivity contribution < 1.29 is 14.0 Å². The van der Waals surface area contributed by atoms with E-state index in [-0.39, 0.29) is 17.7 Å². The predicted octanol–water partition coefficient (Wildman–Crippen LogP) is 2.41. The Hall–Kier alpha value is -2.83. The van der Waals surface area contributed by atoms with E-state index in [2.05, 4.69) is 9.97 Å². The minimum absolute atomic E-state index is 0.148. The van der Waals surface area contributed by atoms with Gasteiger partial charge in [0, 0.05) is 38.4 Å². The molecular weight excluding hydrogens is 347 g/mol. The van der Waals surface area contributed by atoms with Gasteiger partial charge in [0.25, 0.3) is 11.8 Å². The van der Waals surface area contributed by atoms with E-state index < -0.39 is 5.82 Å². The predicted molar refractivity (Wildman–Crippen MR) is 98.8 cm³/mol. The van der Waals surface area contributed by atoms with Gasteiger partial charge in [-0.15, -0.1) is 0 Å². The molecule has 1 aromatic heterocycles. The van der Waals surface area contributed by atoms with Gasteiger partial charge in [-0.1, -0.05) is 6.07 Å². The Morgan fingerprint density at radius 1 is 1.26 bits per heavy atom. The molecule has 3 rings (SSSR count). The van der Waals surface area contributed by atoms with E-state index in [0.29, 0.717) is 30.8 Å². The van der Waals surface area contributed by atoms with Crippen LogP contribution < -0.4 is 0 Å². The molecule has 1 fully saturated rings. The lowest BCUT2D eigenvalue weighted by Gasteiger charge is -2.32. The summed E-state index contributed by atoms with van der Waals surface area (Å²) in [6.45, 7) is 1.26. The molecule has 0 saturated carbocycles. The molecule has 1 aromatic carbocycles. The summed E-state index contributed by atoms with van der Waals surface area (Å²) in [6.07, 6.45) is 3.95. The van der Waals surface area contributed by atoms with E-state index in [1.165, 1.54) is 23.4 Å². The van der Waals surface area contributed by atoms with Crippen LogP contribution in [0.25, 0.3) is 0 Å². The summed E-state index contributed by atoms with van der Waals surface area (Å²) in [4.78, 5) is 36.3. The monoisotopic (exact) mass is 370 g/mol. The van der Waals surface area contributed by atoms with Gasteiger partial charge in [0.2, 0.25) is 0 Å². The van der Waals surface area contributed by atoms with Gasteiger partial charge < -0.3 is 9.80 Å². The zero-order valence-corrected chi connectivity index (χ0v) is 15.6. The van der Waals surface area contributed by atoms with E-state index in [1.807, 2.05) is 0 Å². The summed E-state index contributed by atoms with van der Waals surface area (Å²) in [6, 6.07) is 7.51.